The highest BCUT2D eigenvalue weighted by molar-refractivity contribution is 9.10. The standard InChI is InChI=1S/C11H15BrN4O2/c12-9-7-13-11(14-8-9)16-5-3-15(4-6-16)2-1-10(17)18/h7-8H,1-6H2,(H,17,18). The number of rotatable bonds is 4. The smallest absolute Gasteiger partial charge is 0.304 e. The number of carbonyl (C=O) groups is 1. The Bertz CT molecular complexity index is 404. The molecule has 6 nitrogen and oxygen atoms in total. The Kier molecular flexibility index (Phi) is 4.48. The molecule has 18 heavy (non-hydrogen) atoms. The maximum absolute atomic E-state index is 10.5. The van der Waals surface area contributed by atoms with Crippen LogP contribution in [0, 0.1) is 0 Å². The van der Waals surface area contributed by atoms with Gasteiger partial charge >= 0.3 is 5.97 Å². The van der Waals surface area contributed by atoms with Gasteiger partial charge in [0.25, 0.3) is 0 Å². The summed E-state index contributed by atoms with van der Waals surface area (Å²) in [5, 5.41) is 8.64. The lowest BCUT2D eigenvalue weighted by Gasteiger charge is -2.34. The number of carboxylic acids is 1. The fourth-order valence-electron chi connectivity index (χ4n) is 1.89. The number of hydrogen-bond donors (Lipinski definition) is 1. The number of piperazine rings is 1. The van der Waals surface area contributed by atoms with Crippen LogP contribution in [-0.4, -0.2) is 58.7 Å². The highest BCUT2D eigenvalue weighted by atomic mass is 79.9. The van der Waals surface area contributed by atoms with Gasteiger partial charge in [-0.25, -0.2) is 9.97 Å². The molecule has 2 rings (SSSR count). The molecule has 1 fully saturated rings. The third-order valence-electron chi connectivity index (χ3n) is 2.90. The maximum atomic E-state index is 10.5. The number of anilines is 1. The van der Waals surface area contributed by atoms with Crippen LogP contribution in [0.5, 0.6) is 0 Å². The fourth-order valence-corrected chi connectivity index (χ4v) is 2.10. The van der Waals surface area contributed by atoms with Crippen molar-refractivity contribution in [1.29, 1.82) is 0 Å². The van der Waals surface area contributed by atoms with Gasteiger partial charge in [0.15, 0.2) is 0 Å². The maximum Gasteiger partial charge on any atom is 0.304 e. The summed E-state index contributed by atoms with van der Waals surface area (Å²) in [4.78, 5) is 23.3. The number of aliphatic carboxylic acids is 1. The second-order valence-corrected chi connectivity index (χ2v) is 5.09. The van der Waals surface area contributed by atoms with Crippen molar-refractivity contribution < 1.29 is 9.90 Å². The zero-order valence-electron chi connectivity index (χ0n) is 9.92. The lowest BCUT2D eigenvalue weighted by Crippen LogP contribution is -2.47. The van der Waals surface area contributed by atoms with E-state index in [9.17, 15) is 4.79 Å². The molecule has 0 unspecified atom stereocenters. The van der Waals surface area contributed by atoms with Crippen molar-refractivity contribution in [3.63, 3.8) is 0 Å². The number of nitrogens with zero attached hydrogens (tertiary/aromatic N) is 4. The van der Waals surface area contributed by atoms with E-state index in [1.54, 1.807) is 12.4 Å². The van der Waals surface area contributed by atoms with E-state index in [0.717, 1.165) is 36.6 Å². The van der Waals surface area contributed by atoms with Crippen LogP contribution >= 0.6 is 15.9 Å². The number of halogens is 1. The number of aromatic nitrogens is 2. The van der Waals surface area contributed by atoms with Gasteiger partial charge < -0.3 is 10.0 Å². The first-order valence-electron chi connectivity index (χ1n) is 5.82. The number of hydrogen-bond acceptors (Lipinski definition) is 5. The van der Waals surface area contributed by atoms with Crippen LogP contribution in [0.1, 0.15) is 6.42 Å². The summed E-state index contributed by atoms with van der Waals surface area (Å²) in [6, 6.07) is 0. The molecule has 0 spiro atoms. The molecule has 98 valence electrons. The predicted molar refractivity (Wildman–Crippen MR) is 70.6 cm³/mol. The van der Waals surface area contributed by atoms with E-state index < -0.39 is 5.97 Å². The molecule has 1 saturated heterocycles. The summed E-state index contributed by atoms with van der Waals surface area (Å²) in [5.41, 5.74) is 0. The Hall–Kier alpha value is -1.21. The summed E-state index contributed by atoms with van der Waals surface area (Å²) in [7, 11) is 0. The molecule has 0 bridgehead atoms. The minimum absolute atomic E-state index is 0.203. The minimum atomic E-state index is -0.742. The van der Waals surface area contributed by atoms with Gasteiger partial charge in [-0.2, -0.15) is 0 Å². The van der Waals surface area contributed by atoms with Crippen LogP contribution in [0.2, 0.25) is 0 Å². The molecule has 0 aliphatic carbocycles. The third kappa shape index (κ3) is 3.64. The van der Waals surface area contributed by atoms with E-state index in [2.05, 4.69) is 35.7 Å². The third-order valence-corrected chi connectivity index (χ3v) is 3.31. The zero-order chi connectivity index (χ0) is 13.0. The van der Waals surface area contributed by atoms with E-state index in [4.69, 9.17) is 5.11 Å². The van der Waals surface area contributed by atoms with Crippen molar-refractivity contribution in [2.24, 2.45) is 0 Å². The van der Waals surface area contributed by atoms with Crippen LogP contribution in [0.3, 0.4) is 0 Å². The SMILES string of the molecule is O=C(O)CCN1CCN(c2ncc(Br)cn2)CC1. The van der Waals surface area contributed by atoms with Crippen LogP contribution in [-0.2, 0) is 4.79 Å². The highest BCUT2D eigenvalue weighted by Gasteiger charge is 2.18. The van der Waals surface area contributed by atoms with Gasteiger partial charge in [-0.05, 0) is 15.9 Å². The first-order valence-corrected chi connectivity index (χ1v) is 6.61. The van der Waals surface area contributed by atoms with E-state index in [1.165, 1.54) is 0 Å². The van der Waals surface area contributed by atoms with Crippen molar-refractivity contribution in [2.45, 2.75) is 6.42 Å². The van der Waals surface area contributed by atoms with E-state index in [-0.39, 0.29) is 6.42 Å². The van der Waals surface area contributed by atoms with Crippen LogP contribution in [0.15, 0.2) is 16.9 Å². The first kappa shape index (κ1) is 13.2. The quantitative estimate of drug-likeness (QED) is 0.888. The van der Waals surface area contributed by atoms with Gasteiger partial charge in [-0.15, -0.1) is 0 Å². The summed E-state index contributed by atoms with van der Waals surface area (Å²) in [5.74, 6) is -0.00948. The van der Waals surface area contributed by atoms with Crippen molar-refractivity contribution in [1.82, 2.24) is 14.9 Å². The fraction of sp³-hybridized carbons (Fsp3) is 0.545. The lowest BCUT2D eigenvalue weighted by molar-refractivity contribution is -0.137. The predicted octanol–water partition coefficient (Wildman–Crippen LogP) is 0.836. The topological polar surface area (TPSA) is 69.6 Å². The average molecular weight is 315 g/mol. The molecule has 1 aliphatic heterocycles. The summed E-state index contributed by atoms with van der Waals surface area (Å²) < 4.78 is 0.867. The lowest BCUT2D eigenvalue weighted by atomic mass is 10.3. The molecule has 1 aromatic heterocycles. The molecule has 7 heteroatoms. The second kappa shape index (κ2) is 6.10. The molecule has 0 radical (unpaired) electrons. The molecule has 0 amide bonds. The van der Waals surface area contributed by atoms with Gasteiger partial charge in [-0.1, -0.05) is 0 Å². The Morgan fingerprint density at radius 2 is 1.89 bits per heavy atom. The molecule has 1 aromatic rings. The Balaban J connectivity index is 1.83. The van der Waals surface area contributed by atoms with Crippen molar-refractivity contribution in [3.8, 4) is 0 Å². The Labute approximate surface area is 114 Å². The number of carboxylic acid groups (broad SMARTS) is 1. The van der Waals surface area contributed by atoms with Crippen LogP contribution < -0.4 is 4.90 Å². The van der Waals surface area contributed by atoms with E-state index in [1.807, 2.05) is 0 Å². The summed E-state index contributed by atoms with van der Waals surface area (Å²) in [6.45, 7) is 3.99. The monoisotopic (exact) mass is 314 g/mol. The second-order valence-electron chi connectivity index (χ2n) is 4.17. The first-order chi connectivity index (χ1) is 8.65. The van der Waals surface area contributed by atoms with Crippen molar-refractivity contribution in [2.75, 3.05) is 37.6 Å². The average Bonchev–Trinajstić information content (AvgIpc) is 2.38. The zero-order valence-corrected chi connectivity index (χ0v) is 11.5. The molecule has 0 aromatic carbocycles. The van der Waals surface area contributed by atoms with Crippen molar-refractivity contribution >= 4 is 27.8 Å². The largest absolute Gasteiger partial charge is 0.481 e. The molecule has 2 heterocycles. The summed E-state index contributed by atoms with van der Waals surface area (Å²) >= 11 is 3.31. The van der Waals surface area contributed by atoms with Gasteiger partial charge in [0, 0.05) is 45.1 Å². The van der Waals surface area contributed by atoms with E-state index in [0.29, 0.717) is 6.54 Å². The molecule has 1 N–H and O–H groups in total. The Morgan fingerprint density at radius 1 is 1.28 bits per heavy atom. The molecule has 0 atom stereocenters. The molecule has 0 saturated carbocycles. The highest BCUT2D eigenvalue weighted by Crippen LogP contribution is 2.13. The minimum Gasteiger partial charge on any atom is -0.481 e. The molecular weight excluding hydrogens is 300 g/mol. The van der Waals surface area contributed by atoms with Crippen molar-refractivity contribution in [3.05, 3.63) is 16.9 Å². The molecule has 1 aliphatic rings. The van der Waals surface area contributed by atoms with Crippen LogP contribution in [0.4, 0.5) is 5.95 Å². The summed E-state index contributed by atoms with van der Waals surface area (Å²) in [6.07, 6.45) is 3.67. The van der Waals surface area contributed by atoms with Crippen LogP contribution in [0.25, 0.3) is 0 Å². The van der Waals surface area contributed by atoms with Gasteiger partial charge in [0.2, 0.25) is 5.95 Å². The van der Waals surface area contributed by atoms with E-state index >= 15 is 0 Å². The van der Waals surface area contributed by atoms with Gasteiger partial charge in [-0.3, -0.25) is 9.69 Å². The normalized spacial score (nSPS) is 16.8. The Morgan fingerprint density at radius 3 is 2.44 bits per heavy atom. The van der Waals surface area contributed by atoms with Gasteiger partial charge in [0.1, 0.15) is 0 Å². The van der Waals surface area contributed by atoms with Gasteiger partial charge in [0.05, 0.1) is 10.9 Å². The molecular formula is C11H15BrN4O2.